The Kier molecular flexibility index (Phi) is 6.20. The van der Waals surface area contributed by atoms with Gasteiger partial charge in [0.15, 0.2) is 5.11 Å². The Balaban J connectivity index is 1.35. The molecule has 6 rings (SSSR count). The molecular weight excluding hydrogens is 464 g/mol. The minimum absolute atomic E-state index is 0.00753. The molecule has 1 aliphatic heterocycles. The number of nitrogens with zero attached hydrogens (tertiary/aromatic N) is 3. The Bertz CT molecular complexity index is 1330. The summed E-state index contributed by atoms with van der Waals surface area (Å²) in [4.78, 5) is 6.94. The Morgan fingerprint density at radius 2 is 1.61 bits per heavy atom. The summed E-state index contributed by atoms with van der Waals surface area (Å²) in [5.74, 6) is 1.63. The molecular formula is C30H30N4OS. The highest BCUT2D eigenvalue weighted by Crippen LogP contribution is 2.44. The first-order valence-corrected chi connectivity index (χ1v) is 13.1. The van der Waals surface area contributed by atoms with Gasteiger partial charge in [0.2, 0.25) is 0 Å². The first-order valence-electron chi connectivity index (χ1n) is 12.7. The minimum atomic E-state index is -0.0442. The summed E-state index contributed by atoms with van der Waals surface area (Å²) in [6.07, 6.45) is 9.13. The quantitative estimate of drug-likeness (QED) is 0.285. The van der Waals surface area contributed by atoms with Crippen molar-refractivity contribution in [2.75, 3.05) is 4.90 Å². The maximum absolute atomic E-state index is 6.07. The maximum Gasteiger partial charge on any atom is 0.174 e. The molecule has 6 heteroatoms. The monoisotopic (exact) mass is 494 g/mol. The first kappa shape index (κ1) is 22.8. The molecule has 2 fully saturated rings. The van der Waals surface area contributed by atoms with E-state index in [1.165, 1.54) is 36.9 Å². The molecule has 182 valence electrons. The van der Waals surface area contributed by atoms with E-state index in [1.807, 2.05) is 42.6 Å². The van der Waals surface area contributed by atoms with Crippen LogP contribution in [0.2, 0.25) is 0 Å². The fraction of sp³-hybridized carbons (Fsp3) is 0.267. The van der Waals surface area contributed by atoms with Gasteiger partial charge in [-0.25, -0.2) is 0 Å². The lowest BCUT2D eigenvalue weighted by atomic mass is 10.00. The minimum Gasteiger partial charge on any atom is -0.457 e. The smallest absolute Gasteiger partial charge is 0.174 e. The molecule has 2 unspecified atom stereocenters. The first-order chi connectivity index (χ1) is 17.7. The van der Waals surface area contributed by atoms with Crippen molar-refractivity contribution in [3.63, 3.8) is 0 Å². The SMILES string of the molecule is Cc1ccc(Oc2ccc(N3C(=S)NC(c4ccccn4)C3c3cccn3C3CCCC3)cc2)cc1. The van der Waals surface area contributed by atoms with Crippen LogP contribution in [0.4, 0.5) is 5.69 Å². The summed E-state index contributed by atoms with van der Waals surface area (Å²) < 4.78 is 8.55. The number of ether oxygens (including phenoxy) is 1. The number of thiocarbonyl (C=S) groups is 1. The standard InChI is InChI=1S/C30H30N4OS/c1-21-11-15-24(16-12-21)35-25-17-13-23(14-18-25)34-29(27-10-6-20-33(27)22-7-2-3-8-22)28(32-30(34)36)26-9-4-5-19-31-26/h4-6,9-20,22,28-29H,2-3,7-8H2,1H3,(H,32,36). The highest BCUT2D eigenvalue weighted by Gasteiger charge is 2.42. The van der Waals surface area contributed by atoms with E-state index in [0.29, 0.717) is 11.2 Å². The van der Waals surface area contributed by atoms with E-state index in [-0.39, 0.29) is 12.1 Å². The van der Waals surface area contributed by atoms with Gasteiger partial charge in [-0.2, -0.15) is 0 Å². The van der Waals surface area contributed by atoms with Crippen LogP contribution in [0.5, 0.6) is 11.5 Å². The third-order valence-electron chi connectivity index (χ3n) is 7.30. The van der Waals surface area contributed by atoms with Crippen LogP contribution < -0.4 is 15.0 Å². The van der Waals surface area contributed by atoms with Crippen LogP contribution in [0.3, 0.4) is 0 Å². The average molecular weight is 495 g/mol. The Morgan fingerprint density at radius 3 is 2.31 bits per heavy atom. The third-order valence-corrected chi connectivity index (χ3v) is 7.62. The van der Waals surface area contributed by atoms with Crippen molar-refractivity contribution in [1.29, 1.82) is 0 Å². The van der Waals surface area contributed by atoms with Crippen molar-refractivity contribution in [2.24, 2.45) is 0 Å². The zero-order valence-corrected chi connectivity index (χ0v) is 21.2. The van der Waals surface area contributed by atoms with Crippen molar-refractivity contribution >= 4 is 23.0 Å². The second-order valence-corrected chi connectivity index (χ2v) is 10.1. The van der Waals surface area contributed by atoms with Crippen molar-refractivity contribution in [1.82, 2.24) is 14.9 Å². The molecule has 1 saturated carbocycles. The number of benzene rings is 2. The highest BCUT2D eigenvalue weighted by atomic mass is 32.1. The van der Waals surface area contributed by atoms with Crippen LogP contribution in [0.1, 0.15) is 60.8 Å². The summed E-state index contributed by atoms with van der Waals surface area (Å²) in [5.41, 5.74) is 4.51. The largest absolute Gasteiger partial charge is 0.457 e. The van der Waals surface area contributed by atoms with Gasteiger partial charge < -0.3 is 19.5 Å². The summed E-state index contributed by atoms with van der Waals surface area (Å²) >= 11 is 5.93. The predicted molar refractivity (Wildman–Crippen MR) is 148 cm³/mol. The summed E-state index contributed by atoms with van der Waals surface area (Å²) in [7, 11) is 0. The Morgan fingerprint density at radius 1 is 0.889 bits per heavy atom. The van der Waals surface area contributed by atoms with Crippen LogP contribution >= 0.6 is 12.2 Å². The summed E-state index contributed by atoms with van der Waals surface area (Å²) in [6.45, 7) is 2.07. The van der Waals surface area contributed by atoms with E-state index in [1.54, 1.807) is 0 Å². The highest BCUT2D eigenvalue weighted by molar-refractivity contribution is 7.80. The number of anilines is 1. The van der Waals surface area contributed by atoms with Crippen LogP contribution in [-0.4, -0.2) is 14.7 Å². The van der Waals surface area contributed by atoms with Crippen LogP contribution in [0.25, 0.3) is 0 Å². The van der Waals surface area contributed by atoms with Gasteiger partial charge in [0.05, 0.1) is 11.7 Å². The number of aryl methyl sites for hydroxylation is 1. The molecule has 2 aromatic heterocycles. The van der Waals surface area contributed by atoms with Crippen molar-refractivity contribution in [2.45, 2.75) is 50.7 Å². The number of pyridine rings is 1. The van der Waals surface area contributed by atoms with E-state index >= 15 is 0 Å². The molecule has 1 saturated heterocycles. The molecule has 4 aromatic rings. The van der Waals surface area contributed by atoms with Gasteiger partial charge in [0.1, 0.15) is 17.5 Å². The molecule has 2 atom stereocenters. The van der Waals surface area contributed by atoms with Crippen LogP contribution in [-0.2, 0) is 0 Å². The number of nitrogens with one attached hydrogen (secondary N) is 1. The normalized spacial score (nSPS) is 20.0. The van der Waals surface area contributed by atoms with Crippen LogP contribution in [0.15, 0.2) is 91.3 Å². The molecule has 0 bridgehead atoms. The third kappa shape index (κ3) is 4.37. The van der Waals surface area contributed by atoms with Gasteiger partial charge in [-0.1, -0.05) is 36.6 Å². The molecule has 0 radical (unpaired) electrons. The van der Waals surface area contributed by atoms with Gasteiger partial charge in [-0.05, 0) is 92.6 Å². The maximum atomic E-state index is 6.07. The van der Waals surface area contributed by atoms with E-state index in [2.05, 4.69) is 70.4 Å². The fourth-order valence-electron chi connectivity index (χ4n) is 5.52. The van der Waals surface area contributed by atoms with Crippen LogP contribution in [0, 0.1) is 6.92 Å². The average Bonchev–Trinajstić information content (AvgIpc) is 3.66. The predicted octanol–water partition coefficient (Wildman–Crippen LogP) is 7.28. The summed E-state index contributed by atoms with van der Waals surface area (Å²) in [6, 6.07) is 27.3. The lowest BCUT2D eigenvalue weighted by Crippen LogP contribution is -2.30. The molecule has 0 spiro atoms. The number of hydrogen-bond acceptors (Lipinski definition) is 3. The van der Waals surface area contributed by atoms with Crippen molar-refractivity contribution < 1.29 is 4.74 Å². The summed E-state index contributed by atoms with van der Waals surface area (Å²) in [5, 5.41) is 4.30. The van der Waals surface area contributed by atoms with Gasteiger partial charge in [-0.3, -0.25) is 4.98 Å². The van der Waals surface area contributed by atoms with Gasteiger partial charge in [0, 0.05) is 29.8 Å². The van der Waals surface area contributed by atoms with Gasteiger partial charge >= 0.3 is 0 Å². The van der Waals surface area contributed by atoms with E-state index < -0.39 is 0 Å². The van der Waals surface area contributed by atoms with E-state index in [4.69, 9.17) is 21.9 Å². The van der Waals surface area contributed by atoms with E-state index in [9.17, 15) is 0 Å². The van der Waals surface area contributed by atoms with Crippen molar-refractivity contribution in [3.05, 3.63) is 108 Å². The lowest BCUT2D eigenvalue weighted by Gasteiger charge is -2.30. The molecule has 1 N–H and O–H groups in total. The number of aromatic nitrogens is 2. The Labute approximate surface area is 217 Å². The molecule has 36 heavy (non-hydrogen) atoms. The zero-order chi connectivity index (χ0) is 24.5. The molecule has 0 amide bonds. The molecule has 3 heterocycles. The van der Waals surface area contributed by atoms with Crippen molar-refractivity contribution in [3.8, 4) is 11.5 Å². The molecule has 5 nitrogen and oxygen atoms in total. The molecule has 2 aromatic carbocycles. The lowest BCUT2D eigenvalue weighted by molar-refractivity contribution is 0.461. The topological polar surface area (TPSA) is 42.3 Å². The molecule has 2 aliphatic rings. The second-order valence-electron chi connectivity index (χ2n) is 9.68. The van der Waals surface area contributed by atoms with E-state index in [0.717, 1.165) is 22.9 Å². The van der Waals surface area contributed by atoms with Gasteiger partial charge in [-0.15, -0.1) is 0 Å². The fourth-order valence-corrected chi connectivity index (χ4v) is 5.87. The Hall–Kier alpha value is -3.64. The molecule has 1 aliphatic carbocycles. The second kappa shape index (κ2) is 9.78. The number of hydrogen-bond donors (Lipinski definition) is 1. The zero-order valence-electron chi connectivity index (χ0n) is 20.4. The number of rotatable bonds is 6. The van der Waals surface area contributed by atoms with Gasteiger partial charge in [0.25, 0.3) is 0 Å².